The minimum absolute atomic E-state index is 0.607. The first-order valence-electron chi connectivity index (χ1n) is 8.20. The molecule has 0 saturated heterocycles. The van der Waals surface area contributed by atoms with E-state index in [0.717, 1.165) is 33.6 Å². The number of anilines is 3. The van der Waals surface area contributed by atoms with E-state index in [1.54, 1.807) is 0 Å². The second-order valence-corrected chi connectivity index (χ2v) is 6.11. The molecule has 126 valence electrons. The van der Waals surface area contributed by atoms with Crippen LogP contribution in [0.5, 0.6) is 0 Å². The van der Waals surface area contributed by atoms with Gasteiger partial charge in [0.2, 0.25) is 5.95 Å². The zero-order chi connectivity index (χ0) is 17.6. The maximum atomic E-state index is 4.68. The number of hydrogen-bond donors (Lipinski definition) is 1. The fraction of sp³-hybridized carbons (Fsp3) is 0.211. The minimum atomic E-state index is 0.607. The van der Waals surface area contributed by atoms with Crippen LogP contribution in [0.25, 0.3) is 21.8 Å². The van der Waals surface area contributed by atoms with Crippen molar-refractivity contribution < 1.29 is 0 Å². The quantitative estimate of drug-likeness (QED) is 0.621. The standard InChI is InChI=1S/C19H20N6/c1-12-14-10-9-13(11-17(14)23-25(12)4)24(3)18-15-7-5-6-8-16(15)21-19(20-2)22-18/h5-11H,1-4H3,(H,20,21,22). The molecule has 6 heteroatoms. The lowest BCUT2D eigenvalue weighted by molar-refractivity contribution is 0.751. The highest BCUT2D eigenvalue weighted by Crippen LogP contribution is 2.31. The molecule has 2 aromatic carbocycles. The van der Waals surface area contributed by atoms with Crippen molar-refractivity contribution in [3.63, 3.8) is 0 Å². The molecule has 0 radical (unpaired) electrons. The van der Waals surface area contributed by atoms with Gasteiger partial charge in [-0.15, -0.1) is 0 Å². The molecule has 4 aromatic rings. The molecule has 0 bridgehead atoms. The number of nitrogens with zero attached hydrogens (tertiary/aromatic N) is 5. The molecule has 0 fully saturated rings. The van der Waals surface area contributed by atoms with Crippen LogP contribution in [-0.4, -0.2) is 33.8 Å². The molecule has 0 spiro atoms. The summed E-state index contributed by atoms with van der Waals surface area (Å²) >= 11 is 0. The van der Waals surface area contributed by atoms with Crippen LogP contribution >= 0.6 is 0 Å². The average Bonchev–Trinajstić information content (AvgIpc) is 2.93. The van der Waals surface area contributed by atoms with Crippen LogP contribution in [0.2, 0.25) is 0 Å². The minimum Gasteiger partial charge on any atom is -0.357 e. The van der Waals surface area contributed by atoms with Gasteiger partial charge in [-0.3, -0.25) is 4.68 Å². The summed E-state index contributed by atoms with van der Waals surface area (Å²) < 4.78 is 1.91. The smallest absolute Gasteiger partial charge is 0.224 e. The molecule has 6 nitrogen and oxygen atoms in total. The number of nitrogens with one attached hydrogen (secondary N) is 1. The van der Waals surface area contributed by atoms with Crippen LogP contribution in [0.4, 0.5) is 17.5 Å². The topological polar surface area (TPSA) is 58.9 Å². The first-order chi connectivity index (χ1) is 12.1. The van der Waals surface area contributed by atoms with Crippen molar-refractivity contribution in [1.82, 2.24) is 19.7 Å². The fourth-order valence-electron chi connectivity index (χ4n) is 3.08. The van der Waals surface area contributed by atoms with Crippen LogP contribution < -0.4 is 10.2 Å². The van der Waals surface area contributed by atoms with Gasteiger partial charge in [0.1, 0.15) is 5.82 Å². The predicted molar refractivity (Wildman–Crippen MR) is 103 cm³/mol. The Balaban J connectivity index is 1.88. The van der Waals surface area contributed by atoms with E-state index in [9.17, 15) is 0 Å². The predicted octanol–water partition coefficient (Wildman–Crippen LogP) is 3.63. The first kappa shape index (κ1) is 15.4. The van der Waals surface area contributed by atoms with Crippen molar-refractivity contribution in [3.8, 4) is 0 Å². The van der Waals surface area contributed by atoms with E-state index in [1.165, 1.54) is 5.39 Å². The normalized spacial score (nSPS) is 11.2. The van der Waals surface area contributed by atoms with E-state index in [0.29, 0.717) is 5.95 Å². The second-order valence-electron chi connectivity index (χ2n) is 6.11. The molecule has 0 saturated carbocycles. The molecular weight excluding hydrogens is 312 g/mol. The molecule has 4 rings (SSSR count). The second kappa shape index (κ2) is 5.73. The molecule has 2 heterocycles. The van der Waals surface area contributed by atoms with Crippen molar-refractivity contribution >= 4 is 39.3 Å². The van der Waals surface area contributed by atoms with E-state index in [2.05, 4.69) is 50.4 Å². The zero-order valence-corrected chi connectivity index (χ0v) is 14.8. The van der Waals surface area contributed by atoms with Gasteiger partial charge in [0.25, 0.3) is 0 Å². The highest BCUT2D eigenvalue weighted by Gasteiger charge is 2.14. The molecule has 0 aliphatic rings. The third kappa shape index (κ3) is 2.46. The van der Waals surface area contributed by atoms with Gasteiger partial charge in [-0.1, -0.05) is 12.1 Å². The maximum absolute atomic E-state index is 4.68. The Morgan fingerprint density at radius 1 is 1.00 bits per heavy atom. The Morgan fingerprint density at radius 3 is 2.60 bits per heavy atom. The van der Waals surface area contributed by atoms with Gasteiger partial charge in [0.05, 0.1) is 11.0 Å². The lowest BCUT2D eigenvalue weighted by Gasteiger charge is -2.20. The Bertz CT molecular complexity index is 1080. The van der Waals surface area contributed by atoms with E-state index >= 15 is 0 Å². The maximum Gasteiger partial charge on any atom is 0.224 e. The fourth-order valence-corrected chi connectivity index (χ4v) is 3.08. The SMILES string of the molecule is CNc1nc(N(C)c2ccc3c(C)n(C)nc3c2)c2ccccc2n1. The lowest BCUT2D eigenvalue weighted by Crippen LogP contribution is -2.13. The summed E-state index contributed by atoms with van der Waals surface area (Å²) in [7, 11) is 5.82. The van der Waals surface area contributed by atoms with Crippen LogP contribution in [0.15, 0.2) is 42.5 Å². The number of hydrogen-bond acceptors (Lipinski definition) is 5. The van der Waals surface area contributed by atoms with Crippen molar-refractivity contribution in [2.24, 2.45) is 7.05 Å². The molecule has 2 aromatic heterocycles. The zero-order valence-electron chi connectivity index (χ0n) is 14.8. The summed E-state index contributed by atoms with van der Waals surface area (Å²) in [6.45, 7) is 2.08. The summed E-state index contributed by atoms with van der Waals surface area (Å²) in [5, 5.41) is 9.82. The lowest BCUT2D eigenvalue weighted by atomic mass is 10.1. The van der Waals surface area contributed by atoms with E-state index in [1.807, 2.05) is 50.1 Å². The van der Waals surface area contributed by atoms with E-state index in [4.69, 9.17) is 0 Å². The van der Waals surface area contributed by atoms with Crippen molar-refractivity contribution in [2.45, 2.75) is 6.92 Å². The molecular formula is C19H20N6. The Hall–Kier alpha value is -3.15. The molecule has 0 aliphatic heterocycles. The Labute approximate surface area is 146 Å². The number of benzene rings is 2. The third-order valence-electron chi connectivity index (χ3n) is 4.63. The Kier molecular flexibility index (Phi) is 3.53. The Morgan fingerprint density at radius 2 is 1.80 bits per heavy atom. The highest BCUT2D eigenvalue weighted by atomic mass is 15.3. The van der Waals surface area contributed by atoms with Gasteiger partial charge in [0, 0.05) is 43.3 Å². The summed E-state index contributed by atoms with van der Waals surface area (Å²) in [5.41, 5.74) is 4.10. The van der Waals surface area contributed by atoms with Crippen molar-refractivity contribution in [3.05, 3.63) is 48.2 Å². The van der Waals surface area contributed by atoms with Gasteiger partial charge in [-0.2, -0.15) is 10.1 Å². The summed E-state index contributed by atoms with van der Waals surface area (Å²) in [4.78, 5) is 11.3. The molecule has 0 unspecified atom stereocenters. The van der Waals surface area contributed by atoms with Gasteiger partial charge in [0.15, 0.2) is 0 Å². The molecule has 0 atom stereocenters. The van der Waals surface area contributed by atoms with Gasteiger partial charge >= 0.3 is 0 Å². The largest absolute Gasteiger partial charge is 0.357 e. The number of rotatable bonds is 3. The van der Waals surface area contributed by atoms with Crippen LogP contribution in [0.1, 0.15) is 5.69 Å². The molecule has 0 aliphatic carbocycles. The van der Waals surface area contributed by atoms with Gasteiger partial charge in [-0.25, -0.2) is 4.98 Å². The average molecular weight is 332 g/mol. The number of fused-ring (bicyclic) bond motifs is 2. The third-order valence-corrected chi connectivity index (χ3v) is 4.63. The highest BCUT2D eigenvalue weighted by molar-refractivity contribution is 5.93. The van der Waals surface area contributed by atoms with Crippen LogP contribution in [-0.2, 0) is 7.05 Å². The summed E-state index contributed by atoms with van der Waals surface area (Å²) in [6.07, 6.45) is 0. The summed E-state index contributed by atoms with van der Waals surface area (Å²) in [5.74, 6) is 1.47. The van der Waals surface area contributed by atoms with Crippen molar-refractivity contribution in [1.29, 1.82) is 0 Å². The molecule has 0 amide bonds. The van der Waals surface area contributed by atoms with E-state index < -0.39 is 0 Å². The summed E-state index contributed by atoms with van der Waals surface area (Å²) in [6, 6.07) is 14.4. The van der Waals surface area contributed by atoms with Crippen LogP contribution in [0, 0.1) is 6.92 Å². The van der Waals surface area contributed by atoms with Gasteiger partial charge < -0.3 is 10.2 Å². The number of para-hydroxylation sites is 1. The molecule has 25 heavy (non-hydrogen) atoms. The van der Waals surface area contributed by atoms with Crippen LogP contribution in [0.3, 0.4) is 0 Å². The first-order valence-corrected chi connectivity index (χ1v) is 8.20. The van der Waals surface area contributed by atoms with E-state index in [-0.39, 0.29) is 0 Å². The number of aromatic nitrogens is 4. The molecule has 1 N–H and O–H groups in total. The monoisotopic (exact) mass is 332 g/mol. The number of aryl methyl sites for hydroxylation is 2. The van der Waals surface area contributed by atoms with Crippen molar-refractivity contribution in [2.75, 3.05) is 24.3 Å². The van der Waals surface area contributed by atoms with Gasteiger partial charge in [-0.05, 0) is 37.3 Å².